The zero-order valence-corrected chi connectivity index (χ0v) is 17.8. The zero-order valence-electron chi connectivity index (χ0n) is 17.8. The number of amides is 1. The number of ketones is 1. The molecule has 2 atom stereocenters. The molecule has 2 aromatic carbocycles. The first kappa shape index (κ1) is 20.9. The molecule has 0 bridgehead atoms. The molecule has 0 unspecified atom stereocenters. The van der Waals surface area contributed by atoms with E-state index in [0.717, 1.165) is 17.7 Å². The molecule has 0 aromatic heterocycles. The summed E-state index contributed by atoms with van der Waals surface area (Å²) in [5, 5.41) is 11.2. The number of hydrogen-bond acceptors (Lipinski definition) is 6. The van der Waals surface area contributed by atoms with Gasteiger partial charge in [0.15, 0.2) is 0 Å². The number of methoxy groups -OCH3 is 2. The summed E-state index contributed by atoms with van der Waals surface area (Å²) in [5.74, 6) is -0.125. The summed E-state index contributed by atoms with van der Waals surface area (Å²) in [6, 6.07) is 11.7. The third-order valence-electron chi connectivity index (χ3n) is 5.68. The highest BCUT2D eigenvalue weighted by Gasteiger charge is 2.46. The van der Waals surface area contributed by atoms with Crippen LogP contribution in [0, 0.1) is 0 Å². The normalized spacial score (nSPS) is 21.8. The lowest BCUT2D eigenvalue weighted by molar-refractivity contribution is -0.140. The molecular weight excluding hydrogens is 398 g/mol. The summed E-state index contributed by atoms with van der Waals surface area (Å²) in [6.45, 7) is 2.47. The van der Waals surface area contributed by atoms with Crippen LogP contribution in [0.15, 0.2) is 48.0 Å². The smallest absolute Gasteiger partial charge is 0.295 e. The third-order valence-corrected chi connectivity index (χ3v) is 5.68. The molecule has 7 nitrogen and oxygen atoms in total. The van der Waals surface area contributed by atoms with Gasteiger partial charge in [0.2, 0.25) is 0 Å². The summed E-state index contributed by atoms with van der Waals surface area (Å²) in [4.78, 5) is 27.3. The van der Waals surface area contributed by atoms with E-state index in [1.54, 1.807) is 43.5 Å². The monoisotopic (exact) mass is 423 g/mol. The van der Waals surface area contributed by atoms with Crippen molar-refractivity contribution in [1.82, 2.24) is 4.90 Å². The van der Waals surface area contributed by atoms with E-state index in [4.69, 9.17) is 14.2 Å². The fourth-order valence-corrected chi connectivity index (χ4v) is 4.16. The Morgan fingerprint density at radius 3 is 2.58 bits per heavy atom. The van der Waals surface area contributed by atoms with Crippen molar-refractivity contribution in [3.63, 3.8) is 0 Å². The van der Waals surface area contributed by atoms with Crippen molar-refractivity contribution in [3.8, 4) is 11.5 Å². The molecule has 2 aliphatic rings. The first-order valence-corrected chi connectivity index (χ1v) is 10.2. The van der Waals surface area contributed by atoms with E-state index in [1.165, 1.54) is 12.0 Å². The van der Waals surface area contributed by atoms with Crippen LogP contribution >= 0.6 is 0 Å². The van der Waals surface area contributed by atoms with Gasteiger partial charge in [-0.2, -0.15) is 0 Å². The number of carbonyl (C=O) groups is 2. The van der Waals surface area contributed by atoms with Crippen molar-refractivity contribution in [3.05, 3.63) is 64.7 Å². The van der Waals surface area contributed by atoms with Crippen LogP contribution in [0.3, 0.4) is 0 Å². The standard InChI is InChI=1S/C24H25NO6/c1-14-12-17-13-16(6-9-19(17)31-14)22(26)20-21(15-4-7-18(30-3)8-5-15)25(10-11-29-2)24(28)23(20)27/h4-9,13-14,21,26H,10-12H2,1-3H3/t14-,21-/m0/s1. The molecule has 0 spiro atoms. The molecule has 1 fully saturated rings. The lowest BCUT2D eigenvalue weighted by Crippen LogP contribution is -2.32. The largest absolute Gasteiger partial charge is 0.507 e. The molecule has 2 heterocycles. The van der Waals surface area contributed by atoms with Gasteiger partial charge in [0.05, 0.1) is 25.3 Å². The van der Waals surface area contributed by atoms with E-state index in [2.05, 4.69) is 0 Å². The molecule has 1 amide bonds. The molecule has 162 valence electrons. The molecule has 0 saturated carbocycles. The minimum Gasteiger partial charge on any atom is -0.507 e. The number of aliphatic hydroxyl groups excluding tert-OH is 1. The van der Waals surface area contributed by atoms with Gasteiger partial charge in [-0.3, -0.25) is 9.59 Å². The highest BCUT2D eigenvalue weighted by Crippen LogP contribution is 2.40. The summed E-state index contributed by atoms with van der Waals surface area (Å²) in [5.41, 5.74) is 2.22. The number of benzene rings is 2. The summed E-state index contributed by atoms with van der Waals surface area (Å²) < 4.78 is 16.1. The van der Waals surface area contributed by atoms with Crippen molar-refractivity contribution in [2.75, 3.05) is 27.4 Å². The first-order chi connectivity index (χ1) is 14.9. The Labute approximate surface area is 180 Å². The molecule has 2 aliphatic heterocycles. The van der Waals surface area contributed by atoms with E-state index in [0.29, 0.717) is 16.9 Å². The second-order valence-electron chi connectivity index (χ2n) is 7.71. The predicted octanol–water partition coefficient (Wildman–Crippen LogP) is 3.09. The van der Waals surface area contributed by atoms with Crippen molar-refractivity contribution < 1.29 is 28.9 Å². The van der Waals surface area contributed by atoms with E-state index >= 15 is 0 Å². The van der Waals surface area contributed by atoms with Gasteiger partial charge < -0.3 is 24.2 Å². The van der Waals surface area contributed by atoms with E-state index in [1.807, 2.05) is 13.0 Å². The molecule has 4 rings (SSSR count). The molecule has 2 aromatic rings. The van der Waals surface area contributed by atoms with Crippen molar-refractivity contribution in [1.29, 1.82) is 0 Å². The maximum atomic E-state index is 13.0. The fourth-order valence-electron chi connectivity index (χ4n) is 4.16. The summed E-state index contributed by atoms with van der Waals surface area (Å²) in [7, 11) is 3.10. The average molecular weight is 423 g/mol. The number of carbonyl (C=O) groups excluding carboxylic acids is 2. The van der Waals surface area contributed by atoms with Gasteiger partial charge in [0.25, 0.3) is 11.7 Å². The topological polar surface area (TPSA) is 85.3 Å². The Hall–Kier alpha value is -3.32. The number of nitrogens with zero attached hydrogens (tertiary/aromatic N) is 1. The second kappa shape index (κ2) is 8.43. The number of Topliss-reactive ketones (excluding diaryl/α,β-unsaturated/α-hetero) is 1. The highest BCUT2D eigenvalue weighted by atomic mass is 16.5. The van der Waals surface area contributed by atoms with Gasteiger partial charge in [-0.1, -0.05) is 12.1 Å². The fraction of sp³-hybridized carbons (Fsp3) is 0.333. The van der Waals surface area contributed by atoms with E-state index in [9.17, 15) is 14.7 Å². The maximum absolute atomic E-state index is 13.0. The number of rotatable bonds is 6. The summed E-state index contributed by atoms with van der Waals surface area (Å²) >= 11 is 0. The number of ether oxygens (including phenoxy) is 3. The predicted molar refractivity (Wildman–Crippen MR) is 114 cm³/mol. The Morgan fingerprint density at radius 1 is 1.16 bits per heavy atom. The van der Waals surface area contributed by atoms with Gasteiger partial charge >= 0.3 is 0 Å². The van der Waals surface area contributed by atoms with Gasteiger partial charge in [0.1, 0.15) is 23.4 Å². The molecular formula is C24H25NO6. The molecule has 0 radical (unpaired) electrons. The zero-order chi connectivity index (χ0) is 22.1. The van der Waals surface area contributed by atoms with Crippen LogP contribution in [0.25, 0.3) is 5.76 Å². The van der Waals surface area contributed by atoms with Gasteiger partial charge in [-0.25, -0.2) is 0 Å². The van der Waals surface area contributed by atoms with Crippen LogP contribution < -0.4 is 9.47 Å². The minimum absolute atomic E-state index is 0.0614. The molecule has 31 heavy (non-hydrogen) atoms. The summed E-state index contributed by atoms with van der Waals surface area (Å²) in [6.07, 6.45) is 0.784. The highest BCUT2D eigenvalue weighted by molar-refractivity contribution is 6.46. The van der Waals surface area contributed by atoms with Crippen LogP contribution in [0.2, 0.25) is 0 Å². The lowest BCUT2D eigenvalue weighted by atomic mass is 9.94. The van der Waals surface area contributed by atoms with Crippen molar-refractivity contribution in [2.45, 2.75) is 25.5 Å². The number of likely N-dealkylation sites (tertiary alicyclic amines) is 1. The number of aliphatic hydroxyl groups is 1. The molecule has 7 heteroatoms. The van der Waals surface area contributed by atoms with Crippen molar-refractivity contribution in [2.24, 2.45) is 0 Å². The van der Waals surface area contributed by atoms with Crippen LogP contribution in [-0.2, 0) is 20.7 Å². The Balaban J connectivity index is 1.81. The number of fused-ring (bicyclic) bond motifs is 1. The number of hydrogen-bond donors (Lipinski definition) is 1. The van der Waals surface area contributed by atoms with Gasteiger partial charge in [0, 0.05) is 25.6 Å². The SMILES string of the molecule is COCCN1C(=O)C(=O)C(=C(O)c2ccc3c(c2)C[C@H](C)O3)[C@@H]1c1ccc(OC)cc1. The van der Waals surface area contributed by atoms with E-state index < -0.39 is 17.7 Å². The quantitative estimate of drug-likeness (QED) is 0.437. The van der Waals surface area contributed by atoms with Crippen LogP contribution in [0.4, 0.5) is 0 Å². The molecule has 0 aliphatic carbocycles. The average Bonchev–Trinajstić information content (AvgIpc) is 3.27. The Bertz CT molecular complexity index is 1040. The first-order valence-electron chi connectivity index (χ1n) is 10.2. The Kier molecular flexibility index (Phi) is 5.69. The molecule has 1 saturated heterocycles. The second-order valence-corrected chi connectivity index (χ2v) is 7.71. The van der Waals surface area contributed by atoms with Gasteiger partial charge in [-0.05, 0) is 48.4 Å². The van der Waals surface area contributed by atoms with Gasteiger partial charge in [-0.15, -0.1) is 0 Å². The lowest BCUT2D eigenvalue weighted by Gasteiger charge is -2.25. The Morgan fingerprint density at radius 2 is 1.90 bits per heavy atom. The van der Waals surface area contributed by atoms with E-state index in [-0.39, 0.29) is 30.6 Å². The minimum atomic E-state index is -0.718. The third kappa shape index (κ3) is 3.77. The van der Waals surface area contributed by atoms with Crippen LogP contribution in [0.5, 0.6) is 11.5 Å². The van der Waals surface area contributed by atoms with Crippen LogP contribution in [0.1, 0.15) is 29.7 Å². The molecule has 1 N–H and O–H groups in total. The van der Waals surface area contributed by atoms with Crippen molar-refractivity contribution >= 4 is 17.4 Å². The van der Waals surface area contributed by atoms with Crippen LogP contribution in [-0.4, -0.2) is 55.2 Å². The maximum Gasteiger partial charge on any atom is 0.295 e.